The molecule has 0 saturated carbocycles. The first-order valence-corrected chi connectivity index (χ1v) is 4.46. The zero-order chi connectivity index (χ0) is 10.7. The van der Waals surface area contributed by atoms with Gasteiger partial charge in [-0.05, 0) is 17.7 Å². The minimum absolute atomic E-state index is 0.508. The quantitative estimate of drug-likeness (QED) is 0.812. The van der Waals surface area contributed by atoms with Crippen molar-refractivity contribution in [3.63, 3.8) is 0 Å². The molecule has 0 aliphatic heterocycles. The van der Waals surface area contributed by atoms with Crippen LogP contribution in [0, 0.1) is 0 Å². The van der Waals surface area contributed by atoms with Crippen molar-refractivity contribution in [3.05, 3.63) is 46.2 Å². The van der Waals surface area contributed by atoms with E-state index in [1.165, 1.54) is 0 Å². The molecule has 1 aromatic carbocycles. The van der Waals surface area contributed by atoms with Crippen molar-refractivity contribution in [2.24, 2.45) is 0 Å². The van der Waals surface area contributed by atoms with Gasteiger partial charge in [0.1, 0.15) is 5.75 Å². The number of nitrogens with zero attached hydrogens (tertiary/aromatic N) is 1. The van der Waals surface area contributed by atoms with Gasteiger partial charge in [-0.25, -0.2) is 4.79 Å². The predicted octanol–water partition coefficient (Wildman–Crippen LogP) is 0.962. The van der Waals surface area contributed by atoms with E-state index < -0.39 is 5.76 Å². The van der Waals surface area contributed by atoms with Crippen LogP contribution in [0.2, 0.25) is 0 Å². The topological polar surface area (TPSA) is 68.1 Å². The maximum absolute atomic E-state index is 10.7. The Morgan fingerprint density at radius 2 is 2.40 bits per heavy atom. The van der Waals surface area contributed by atoms with Crippen LogP contribution in [0.3, 0.4) is 0 Å². The number of hydrogen-bond acceptors (Lipinski definition) is 4. The van der Waals surface area contributed by atoms with Crippen molar-refractivity contribution in [1.29, 1.82) is 0 Å². The summed E-state index contributed by atoms with van der Waals surface area (Å²) in [5.41, 5.74) is 0.999. The lowest BCUT2D eigenvalue weighted by Crippen LogP contribution is -1.98. The van der Waals surface area contributed by atoms with Crippen LogP contribution in [-0.4, -0.2) is 17.3 Å². The molecule has 5 heteroatoms. The molecule has 0 aliphatic rings. The summed E-state index contributed by atoms with van der Waals surface area (Å²) in [6, 6.07) is 7.55. The standard InChI is InChI=1S/C10H10N2O3/c1-14-8-4-2-3-7(5-8)6-9-11-10(13)15-12-9/h2-5H,6H2,1H3,(H,11,12,13). The maximum Gasteiger partial charge on any atom is 0.438 e. The summed E-state index contributed by atoms with van der Waals surface area (Å²) in [6.45, 7) is 0. The number of benzene rings is 1. The fraction of sp³-hybridized carbons (Fsp3) is 0.200. The largest absolute Gasteiger partial charge is 0.497 e. The number of aromatic nitrogens is 2. The van der Waals surface area contributed by atoms with Crippen molar-refractivity contribution in [1.82, 2.24) is 10.1 Å². The summed E-state index contributed by atoms with van der Waals surface area (Å²) in [4.78, 5) is 13.2. The lowest BCUT2D eigenvalue weighted by molar-refractivity contribution is 0.382. The summed E-state index contributed by atoms with van der Waals surface area (Å²) in [6.07, 6.45) is 0.517. The highest BCUT2D eigenvalue weighted by Gasteiger charge is 2.02. The Morgan fingerprint density at radius 3 is 3.07 bits per heavy atom. The molecular formula is C10H10N2O3. The summed E-state index contributed by atoms with van der Waals surface area (Å²) in [5.74, 6) is 0.750. The molecule has 0 aliphatic carbocycles. The molecule has 5 nitrogen and oxygen atoms in total. The molecule has 0 fully saturated rings. The Kier molecular flexibility index (Phi) is 2.53. The van der Waals surface area contributed by atoms with Gasteiger partial charge in [-0.3, -0.25) is 9.51 Å². The van der Waals surface area contributed by atoms with Crippen LogP contribution in [0.15, 0.2) is 33.6 Å². The molecule has 2 aromatic rings. The third-order valence-electron chi connectivity index (χ3n) is 1.99. The van der Waals surface area contributed by atoms with Crippen molar-refractivity contribution in [2.45, 2.75) is 6.42 Å². The predicted molar refractivity (Wildman–Crippen MR) is 52.9 cm³/mol. The van der Waals surface area contributed by atoms with Crippen molar-refractivity contribution in [2.75, 3.05) is 7.11 Å². The Morgan fingerprint density at radius 1 is 1.53 bits per heavy atom. The average molecular weight is 206 g/mol. The van der Waals surface area contributed by atoms with E-state index in [9.17, 15) is 4.79 Å². The smallest absolute Gasteiger partial charge is 0.438 e. The summed E-state index contributed by atoms with van der Waals surface area (Å²) < 4.78 is 9.48. The van der Waals surface area contributed by atoms with E-state index in [2.05, 4.69) is 14.7 Å². The minimum Gasteiger partial charge on any atom is -0.497 e. The molecule has 0 atom stereocenters. The van der Waals surface area contributed by atoms with E-state index in [-0.39, 0.29) is 0 Å². The molecule has 1 N–H and O–H groups in total. The van der Waals surface area contributed by atoms with E-state index in [1.54, 1.807) is 7.11 Å². The van der Waals surface area contributed by atoms with Crippen molar-refractivity contribution < 1.29 is 9.26 Å². The summed E-state index contributed by atoms with van der Waals surface area (Å²) in [5, 5.41) is 3.58. The van der Waals surface area contributed by atoms with Crippen molar-refractivity contribution >= 4 is 0 Å². The van der Waals surface area contributed by atoms with Crippen LogP contribution in [-0.2, 0) is 6.42 Å². The minimum atomic E-state index is -0.534. The fourth-order valence-corrected chi connectivity index (χ4v) is 1.31. The van der Waals surface area contributed by atoms with Crippen LogP contribution in [0.25, 0.3) is 0 Å². The Labute approximate surface area is 85.7 Å². The molecular weight excluding hydrogens is 196 g/mol. The van der Waals surface area contributed by atoms with Gasteiger partial charge in [0, 0.05) is 6.42 Å². The Balaban J connectivity index is 2.20. The van der Waals surface area contributed by atoms with Crippen LogP contribution in [0.4, 0.5) is 0 Å². The van der Waals surface area contributed by atoms with Gasteiger partial charge in [0.25, 0.3) is 0 Å². The van der Waals surface area contributed by atoms with E-state index >= 15 is 0 Å². The molecule has 0 saturated heterocycles. The number of methoxy groups -OCH3 is 1. The van der Waals surface area contributed by atoms with Crippen LogP contribution >= 0.6 is 0 Å². The molecule has 0 unspecified atom stereocenters. The Hall–Kier alpha value is -2.04. The van der Waals surface area contributed by atoms with E-state index in [0.717, 1.165) is 11.3 Å². The third kappa shape index (κ3) is 2.25. The molecule has 2 rings (SSSR count). The summed E-state index contributed by atoms with van der Waals surface area (Å²) >= 11 is 0. The van der Waals surface area contributed by atoms with E-state index in [0.29, 0.717) is 12.2 Å². The molecule has 1 heterocycles. The van der Waals surface area contributed by atoms with Gasteiger partial charge in [0.15, 0.2) is 5.82 Å². The molecule has 78 valence electrons. The lowest BCUT2D eigenvalue weighted by atomic mass is 10.1. The third-order valence-corrected chi connectivity index (χ3v) is 1.99. The average Bonchev–Trinajstić information content (AvgIpc) is 2.64. The van der Waals surface area contributed by atoms with E-state index in [4.69, 9.17) is 4.74 Å². The maximum atomic E-state index is 10.7. The molecule has 0 spiro atoms. The zero-order valence-corrected chi connectivity index (χ0v) is 8.19. The molecule has 0 bridgehead atoms. The molecule has 0 amide bonds. The van der Waals surface area contributed by atoms with Gasteiger partial charge in [0.05, 0.1) is 7.11 Å². The van der Waals surface area contributed by atoms with Gasteiger partial charge >= 0.3 is 5.76 Å². The number of aromatic amines is 1. The number of rotatable bonds is 3. The summed E-state index contributed by atoms with van der Waals surface area (Å²) in [7, 11) is 1.61. The zero-order valence-electron chi connectivity index (χ0n) is 8.19. The number of hydrogen-bond donors (Lipinski definition) is 1. The van der Waals surface area contributed by atoms with Crippen LogP contribution in [0.1, 0.15) is 11.4 Å². The monoisotopic (exact) mass is 206 g/mol. The van der Waals surface area contributed by atoms with Gasteiger partial charge in [-0.1, -0.05) is 17.3 Å². The lowest BCUT2D eigenvalue weighted by Gasteiger charge is -2.01. The highest BCUT2D eigenvalue weighted by molar-refractivity contribution is 5.29. The van der Waals surface area contributed by atoms with Gasteiger partial charge in [0.2, 0.25) is 0 Å². The van der Waals surface area contributed by atoms with Gasteiger partial charge < -0.3 is 4.74 Å². The first-order chi connectivity index (χ1) is 7.28. The molecule has 0 radical (unpaired) electrons. The normalized spacial score (nSPS) is 10.2. The second-order valence-electron chi connectivity index (χ2n) is 3.07. The fourth-order valence-electron chi connectivity index (χ4n) is 1.31. The SMILES string of the molecule is COc1cccc(Cc2noc(=O)[nH]2)c1. The first-order valence-electron chi connectivity index (χ1n) is 4.46. The first kappa shape index (κ1) is 9.51. The van der Waals surface area contributed by atoms with E-state index in [1.807, 2.05) is 24.3 Å². The highest BCUT2D eigenvalue weighted by atomic mass is 16.5. The molecule has 1 aromatic heterocycles. The number of ether oxygens (including phenoxy) is 1. The van der Waals surface area contributed by atoms with Crippen LogP contribution < -0.4 is 10.5 Å². The molecule has 15 heavy (non-hydrogen) atoms. The number of H-pyrrole nitrogens is 1. The second kappa shape index (κ2) is 4.00. The van der Waals surface area contributed by atoms with Crippen LogP contribution in [0.5, 0.6) is 5.75 Å². The highest BCUT2D eigenvalue weighted by Crippen LogP contribution is 2.14. The van der Waals surface area contributed by atoms with Gasteiger partial charge in [-0.15, -0.1) is 0 Å². The number of nitrogens with one attached hydrogen (secondary N) is 1. The Bertz CT molecular complexity index is 501. The van der Waals surface area contributed by atoms with Gasteiger partial charge in [-0.2, -0.15) is 0 Å². The second-order valence-corrected chi connectivity index (χ2v) is 3.07. The van der Waals surface area contributed by atoms with Crippen molar-refractivity contribution in [3.8, 4) is 5.75 Å².